The second-order valence-corrected chi connectivity index (χ2v) is 6.42. The summed E-state index contributed by atoms with van der Waals surface area (Å²) in [5.74, 6) is 1.35. The number of ether oxygens (including phenoxy) is 2. The monoisotopic (exact) mass is 371 g/mol. The zero-order valence-electron chi connectivity index (χ0n) is 15.3. The van der Waals surface area contributed by atoms with E-state index in [0.29, 0.717) is 17.1 Å². The van der Waals surface area contributed by atoms with Crippen molar-refractivity contribution in [1.82, 2.24) is 10.2 Å². The second-order valence-electron chi connectivity index (χ2n) is 6.42. The molecule has 2 aromatic rings. The zero-order valence-corrected chi connectivity index (χ0v) is 15.3. The summed E-state index contributed by atoms with van der Waals surface area (Å²) in [5.41, 5.74) is 1.59. The van der Waals surface area contributed by atoms with E-state index in [1.165, 1.54) is 17.0 Å². The van der Waals surface area contributed by atoms with Crippen LogP contribution in [0, 0.1) is 10.1 Å². The summed E-state index contributed by atoms with van der Waals surface area (Å²) in [6, 6.07) is 11.0. The first-order valence-corrected chi connectivity index (χ1v) is 8.54. The summed E-state index contributed by atoms with van der Waals surface area (Å²) in [5, 5.41) is 13.9. The Morgan fingerprint density at radius 1 is 1.15 bits per heavy atom. The van der Waals surface area contributed by atoms with Gasteiger partial charge in [-0.05, 0) is 37.1 Å². The van der Waals surface area contributed by atoms with Crippen molar-refractivity contribution >= 4 is 11.7 Å². The normalized spacial score (nSPS) is 14.3. The van der Waals surface area contributed by atoms with Crippen LogP contribution in [0.4, 0.5) is 10.5 Å². The molecule has 2 aromatic carbocycles. The van der Waals surface area contributed by atoms with E-state index >= 15 is 0 Å². The van der Waals surface area contributed by atoms with E-state index in [2.05, 4.69) is 5.32 Å². The summed E-state index contributed by atoms with van der Waals surface area (Å²) in [6.07, 6.45) is 0. The fourth-order valence-electron chi connectivity index (χ4n) is 2.85. The van der Waals surface area contributed by atoms with Gasteiger partial charge in [0.2, 0.25) is 6.79 Å². The molecule has 2 unspecified atom stereocenters. The Kier molecular flexibility index (Phi) is 5.16. The van der Waals surface area contributed by atoms with Crippen molar-refractivity contribution in [2.45, 2.75) is 25.9 Å². The molecular weight excluding hydrogens is 350 g/mol. The Labute approximate surface area is 156 Å². The van der Waals surface area contributed by atoms with E-state index in [1.54, 1.807) is 19.2 Å². The number of hydrogen-bond donors (Lipinski definition) is 1. The largest absolute Gasteiger partial charge is 0.454 e. The molecular formula is C19H21N3O5. The second kappa shape index (κ2) is 7.53. The predicted octanol–water partition coefficient (Wildman–Crippen LogP) is 3.79. The number of fused-ring (bicyclic) bond motifs is 1. The van der Waals surface area contributed by atoms with Crippen LogP contribution in [0.25, 0.3) is 0 Å². The van der Waals surface area contributed by atoms with E-state index in [9.17, 15) is 14.9 Å². The van der Waals surface area contributed by atoms with Crippen LogP contribution in [-0.2, 0) is 0 Å². The molecule has 8 heteroatoms. The van der Waals surface area contributed by atoms with Crippen LogP contribution in [0.5, 0.6) is 11.5 Å². The highest BCUT2D eigenvalue weighted by molar-refractivity contribution is 5.75. The van der Waals surface area contributed by atoms with Gasteiger partial charge in [-0.15, -0.1) is 0 Å². The van der Waals surface area contributed by atoms with Gasteiger partial charge in [-0.25, -0.2) is 4.79 Å². The third-order valence-corrected chi connectivity index (χ3v) is 4.70. The summed E-state index contributed by atoms with van der Waals surface area (Å²) in [6.45, 7) is 3.90. The Morgan fingerprint density at radius 3 is 2.63 bits per heavy atom. The molecule has 142 valence electrons. The van der Waals surface area contributed by atoms with E-state index in [1.807, 2.05) is 32.0 Å². The van der Waals surface area contributed by atoms with Gasteiger partial charge in [0.1, 0.15) is 0 Å². The quantitative estimate of drug-likeness (QED) is 0.637. The van der Waals surface area contributed by atoms with Gasteiger partial charge < -0.3 is 19.7 Å². The molecule has 2 amide bonds. The molecule has 0 saturated heterocycles. The van der Waals surface area contributed by atoms with Crippen LogP contribution in [0.2, 0.25) is 0 Å². The number of carbonyl (C=O) groups excluding carboxylic acids is 1. The van der Waals surface area contributed by atoms with Crippen LogP contribution in [-0.4, -0.2) is 29.7 Å². The van der Waals surface area contributed by atoms with E-state index in [-0.39, 0.29) is 30.6 Å². The fourth-order valence-corrected chi connectivity index (χ4v) is 2.85. The number of urea groups is 1. The maximum Gasteiger partial charge on any atom is 0.318 e. The number of non-ortho nitro benzene ring substituents is 1. The standard InChI is InChI=1S/C19H21N3O5/c1-12(14-7-8-17-18(10-14)27-11-26-17)20-19(23)21(3)13(2)15-5-4-6-16(9-15)22(24)25/h4-10,12-13H,11H2,1-3H3,(H,20,23). The highest BCUT2D eigenvalue weighted by Crippen LogP contribution is 2.34. The summed E-state index contributed by atoms with van der Waals surface area (Å²) < 4.78 is 10.7. The number of carbonyl (C=O) groups is 1. The number of nitro benzene ring substituents is 1. The number of benzene rings is 2. The number of amides is 2. The minimum atomic E-state index is -0.446. The summed E-state index contributed by atoms with van der Waals surface area (Å²) in [7, 11) is 1.66. The smallest absolute Gasteiger partial charge is 0.318 e. The van der Waals surface area contributed by atoms with Crippen molar-refractivity contribution < 1.29 is 19.2 Å². The molecule has 0 fully saturated rings. The predicted molar refractivity (Wildman–Crippen MR) is 98.8 cm³/mol. The lowest BCUT2D eigenvalue weighted by Gasteiger charge is -2.27. The molecule has 0 radical (unpaired) electrons. The average Bonchev–Trinajstić information content (AvgIpc) is 3.14. The van der Waals surface area contributed by atoms with Gasteiger partial charge in [0, 0.05) is 19.2 Å². The lowest BCUT2D eigenvalue weighted by Crippen LogP contribution is -2.39. The minimum absolute atomic E-state index is 0.00175. The summed E-state index contributed by atoms with van der Waals surface area (Å²) in [4.78, 5) is 24.6. The summed E-state index contributed by atoms with van der Waals surface area (Å²) >= 11 is 0. The Balaban J connectivity index is 1.68. The molecule has 0 aromatic heterocycles. The molecule has 3 rings (SSSR count). The van der Waals surface area contributed by atoms with Gasteiger partial charge in [-0.2, -0.15) is 0 Å². The molecule has 1 heterocycles. The van der Waals surface area contributed by atoms with Crippen molar-refractivity contribution in [3.05, 3.63) is 63.7 Å². The topological polar surface area (TPSA) is 93.9 Å². The van der Waals surface area contributed by atoms with Gasteiger partial charge in [0.15, 0.2) is 11.5 Å². The lowest BCUT2D eigenvalue weighted by molar-refractivity contribution is -0.384. The molecule has 1 aliphatic rings. The highest BCUT2D eigenvalue weighted by Gasteiger charge is 2.22. The van der Waals surface area contributed by atoms with Gasteiger partial charge in [0.25, 0.3) is 5.69 Å². The van der Waals surface area contributed by atoms with Crippen molar-refractivity contribution in [1.29, 1.82) is 0 Å². The lowest BCUT2D eigenvalue weighted by atomic mass is 10.1. The molecule has 0 spiro atoms. The number of hydrogen-bond acceptors (Lipinski definition) is 5. The van der Waals surface area contributed by atoms with Crippen LogP contribution in [0.15, 0.2) is 42.5 Å². The number of rotatable bonds is 5. The Bertz CT molecular complexity index is 870. The van der Waals surface area contributed by atoms with Gasteiger partial charge in [-0.3, -0.25) is 10.1 Å². The van der Waals surface area contributed by atoms with Crippen molar-refractivity contribution in [2.24, 2.45) is 0 Å². The minimum Gasteiger partial charge on any atom is -0.454 e. The van der Waals surface area contributed by atoms with E-state index < -0.39 is 4.92 Å². The molecule has 2 atom stereocenters. The molecule has 0 bridgehead atoms. The maximum absolute atomic E-state index is 12.6. The first-order valence-electron chi connectivity index (χ1n) is 8.54. The van der Waals surface area contributed by atoms with E-state index in [4.69, 9.17) is 9.47 Å². The van der Waals surface area contributed by atoms with Crippen molar-refractivity contribution in [2.75, 3.05) is 13.8 Å². The molecule has 8 nitrogen and oxygen atoms in total. The third-order valence-electron chi connectivity index (χ3n) is 4.70. The van der Waals surface area contributed by atoms with Gasteiger partial charge in [-0.1, -0.05) is 18.2 Å². The highest BCUT2D eigenvalue weighted by atomic mass is 16.7. The molecule has 27 heavy (non-hydrogen) atoms. The van der Waals surface area contributed by atoms with Crippen LogP contribution < -0.4 is 14.8 Å². The first-order chi connectivity index (χ1) is 12.9. The van der Waals surface area contributed by atoms with Gasteiger partial charge in [0.05, 0.1) is 17.0 Å². The Morgan fingerprint density at radius 2 is 1.89 bits per heavy atom. The van der Waals surface area contributed by atoms with Crippen LogP contribution >= 0.6 is 0 Å². The fraction of sp³-hybridized carbons (Fsp3) is 0.316. The van der Waals surface area contributed by atoms with Crippen molar-refractivity contribution in [3.8, 4) is 11.5 Å². The molecule has 1 aliphatic heterocycles. The first kappa shape index (κ1) is 18.5. The molecule has 1 N–H and O–H groups in total. The SMILES string of the molecule is CC(NC(=O)N(C)C(C)c1cccc([N+](=O)[O-])c1)c1ccc2c(c1)OCO2. The van der Waals surface area contributed by atoms with Gasteiger partial charge >= 0.3 is 6.03 Å². The number of nitrogens with zero attached hydrogens (tertiary/aromatic N) is 2. The Hall–Kier alpha value is -3.29. The van der Waals surface area contributed by atoms with Crippen LogP contribution in [0.1, 0.15) is 37.1 Å². The zero-order chi connectivity index (χ0) is 19.6. The molecule has 0 aliphatic carbocycles. The van der Waals surface area contributed by atoms with Crippen molar-refractivity contribution in [3.63, 3.8) is 0 Å². The van der Waals surface area contributed by atoms with Crippen LogP contribution in [0.3, 0.4) is 0 Å². The third kappa shape index (κ3) is 3.94. The maximum atomic E-state index is 12.6. The van der Waals surface area contributed by atoms with E-state index in [0.717, 1.165) is 5.56 Å². The number of nitrogens with one attached hydrogen (secondary N) is 1. The number of nitro groups is 1. The average molecular weight is 371 g/mol. The molecule has 0 saturated carbocycles.